The fraction of sp³-hybridized carbons (Fsp3) is 0.773. The Morgan fingerprint density at radius 2 is 1.68 bits per heavy atom. The first-order valence-corrected chi connectivity index (χ1v) is 21.5. The molecule has 4 bridgehead atoms. The van der Waals surface area contributed by atoms with Gasteiger partial charge in [0.25, 0.3) is 0 Å². The number of methoxy groups -OCH3 is 1. The molecule has 0 amide bonds. The molecule has 1 unspecified atom stereocenters. The summed E-state index contributed by atoms with van der Waals surface area (Å²) in [5, 5.41) is 43.3. The van der Waals surface area contributed by atoms with Crippen LogP contribution in [0.5, 0.6) is 0 Å². The van der Waals surface area contributed by atoms with Crippen LogP contribution in [0.25, 0.3) is 0 Å². The molecule has 9 atom stereocenters. The fourth-order valence-corrected chi connectivity index (χ4v) is 7.59. The fourth-order valence-electron chi connectivity index (χ4n) is 7.59. The summed E-state index contributed by atoms with van der Waals surface area (Å²) in [6, 6.07) is 0. The van der Waals surface area contributed by atoms with Crippen molar-refractivity contribution in [2.75, 3.05) is 33.5 Å². The van der Waals surface area contributed by atoms with Gasteiger partial charge in [0.1, 0.15) is 12.7 Å². The van der Waals surface area contributed by atoms with Crippen molar-refractivity contribution in [1.29, 1.82) is 0 Å². The average molecular weight is 855 g/mol. The van der Waals surface area contributed by atoms with Gasteiger partial charge in [-0.2, -0.15) is 0 Å². The van der Waals surface area contributed by atoms with E-state index in [0.717, 1.165) is 31.8 Å². The highest BCUT2D eigenvalue weighted by Gasteiger charge is 2.57. The number of hydrogen-bond donors (Lipinski definition) is 4. The van der Waals surface area contributed by atoms with E-state index in [1.54, 1.807) is 26.0 Å². The van der Waals surface area contributed by atoms with Crippen LogP contribution in [-0.4, -0.2) is 133 Å². The summed E-state index contributed by atoms with van der Waals surface area (Å²) < 4.78 is 47.1. The molecule has 2 saturated heterocycles. The normalized spacial score (nSPS) is 31.1. The second kappa shape index (κ2) is 26.3. The molecule has 0 saturated carbocycles. The van der Waals surface area contributed by atoms with Crippen LogP contribution in [0.15, 0.2) is 36.5 Å². The van der Waals surface area contributed by atoms with Gasteiger partial charge in [0.15, 0.2) is 12.4 Å². The van der Waals surface area contributed by atoms with Crippen molar-refractivity contribution in [1.82, 2.24) is 0 Å². The number of fused-ring (bicyclic) bond motifs is 4. The van der Waals surface area contributed by atoms with Gasteiger partial charge in [-0.25, -0.2) is 4.79 Å². The van der Waals surface area contributed by atoms with Crippen LogP contribution >= 0.6 is 0 Å². The average Bonchev–Trinajstić information content (AvgIpc) is 3.19. The summed E-state index contributed by atoms with van der Waals surface area (Å²) in [5.41, 5.74) is -1.27. The number of rotatable bonds is 17. The van der Waals surface area contributed by atoms with E-state index in [1.807, 2.05) is 0 Å². The van der Waals surface area contributed by atoms with Crippen LogP contribution in [0, 0.1) is 5.41 Å². The Hall–Kier alpha value is -3.22. The summed E-state index contributed by atoms with van der Waals surface area (Å²) in [4.78, 5) is 52.0. The molecule has 4 N–H and O–H groups in total. The van der Waals surface area contributed by atoms with Gasteiger partial charge in [-0.1, -0.05) is 65.2 Å². The first-order valence-electron chi connectivity index (χ1n) is 21.5. The lowest BCUT2D eigenvalue weighted by atomic mass is 9.74. The van der Waals surface area contributed by atoms with Crippen LogP contribution in [0.2, 0.25) is 0 Å². The van der Waals surface area contributed by atoms with Gasteiger partial charge in [-0.3, -0.25) is 14.4 Å². The van der Waals surface area contributed by atoms with Crippen LogP contribution < -0.4 is 0 Å². The van der Waals surface area contributed by atoms with Crippen molar-refractivity contribution in [2.45, 2.75) is 178 Å². The minimum atomic E-state index is -2.38. The van der Waals surface area contributed by atoms with Crippen molar-refractivity contribution in [3.8, 4) is 0 Å². The molecular formula is C44H70O16. The number of ether oxygens (including phenoxy) is 8. The molecule has 3 aliphatic rings. The molecule has 2 fully saturated rings. The summed E-state index contributed by atoms with van der Waals surface area (Å²) in [6.07, 6.45) is 4.71. The highest BCUT2D eigenvalue weighted by Crippen LogP contribution is 2.47. The van der Waals surface area contributed by atoms with E-state index in [2.05, 4.69) is 13.5 Å². The lowest BCUT2D eigenvalue weighted by Crippen LogP contribution is -2.62. The second-order valence-corrected chi connectivity index (χ2v) is 16.4. The van der Waals surface area contributed by atoms with Crippen LogP contribution in [0.4, 0.5) is 0 Å². The Balaban J connectivity index is 2.10. The smallest absolute Gasteiger partial charge is 0.330 e. The number of unbranched alkanes of at least 4 members (excludes halogenated alkanes) is 5. The van der Waals surface area contributed by atoms with Crippen LogP contribution in [0.1, 0.15) is 124 Å². The molecule has 0 aromatic carbocycles. The number of carbonyl (C=O) groups excluding carboxylic acids is 4. The topological polar surface area (TPSA) is 223 Å². The predicted molar refractivity (Wildman–Crippen MR) is 217 cm³/mol. The molecule has 3 rings (SSSR count). The zero-order valence-corrected chi connectivity index (χ0v) is 36.0. The molecule has 0 spiro atoms. The zero-order chi connectivity index (χ0) is 44.1. The van der Waals surface area contributed by atoms with Crippen molar-refractivity contribution < 1.29 is 77.5 Å². The molecule has 0 aromatic heterocycles. The number of aliphatic hydroxyl groups excluding tert-OH is 3. The van der Waals surface area contributed by atoms with Crippen LogP contribution in [0.3, 0.4) is 0 Å². The summed E-state index contributed by atoms with van der Waals surface area (Å²) in [6.45, 7) is 8.48. The van der Waals surface area contributed by atoms with Crippen molar-refractivity contribution in [3.63, 3.8) is 0 Å². The Bertz CT molecular complexity index is 1410. The molecular weight excluding hydrogens is 784 g/mol. The third-order valence-corrected chi connectivity index (χ3v) is 11.0. The van der Waals surface area contributed by atoms with Gasteiger partial charge in [0.2, 0.25) is 5.79 Å². The quantitative estimate of drug-likeness (QED) is 0.0523. The summed E-state index contributed by atoms with van der Waals surface area (Å²) in [5.74, 6) is -5.03. The largest absolute Gasteiger partial charge is 0.466 e. The third-order valence-electron chi connectivity index (χ3n) is 11.0. The van der Waals surface area contributed by atoms with Crippen molar-refractivity contribution >= 4 is 23.9 Å². The van der Waals surface area contributed by atoms with E-state index in [9.17, 15) is 39.6 Å². The standard InChI is InChI=1S/C44H70O16/c1-6-8-9-10-11-15-37(48)59-42-30(23-38(49)53-5)22-35-27-36(29-46)56-40(51)24-31(47)17-21-54-32(14-12-13-19-45)25-33-26-34(28-39(50)55-20-7-2)58-41(57-33)16-18-43(3,4)44(42,52)60-35/h7,16,18,23,31-36,41-42,45-47,52H,2,6,8-15,17,19-22,24-29H2,1,3-5H3/t31-,32-,33?,34-,35+,36-,41-,42+,44-/m1/s1. The highest BCUT2D eigenvalue weighted by molar-refractivity contribution is 5.83. The van der Waals surface area contributed by atoms with E-state index in [0.29, 0.717) is 38.5 Å². The Kier molecular flexibility index (Phi) is 22.4. The van der Waals surface area contributed by atoms with E-state index in [1.165, 1.54) is 13.2 Å². The molecule has 3 heterocycles. The van der Waals surface area contributed by atoms with E-state index in [-0.39, 0.29) is 70.0 Å². The first-order chi connectivity index (χ1) is 28.7. The summed E-state index contributed by atoms with van der Waals surface area (Å²) in [7, 11) is 1.19. The zero-order valence-electron chi connectivity index (χ0n) is 36.0. The van der Waals surface area contributed by atoms with Gasteiger partial charge >= 0.3 is 23.9 Å². The molecule has 0 aromatic rings. The highest BCUT2D eigenvalue weighted by atomic mass is 16.7. The molecule has 0 radical (unpaired) electrons. The van der Waals surface area contributed by atoms with Gasteiger partial charge in [-0.15, -0.1) is 0 Å². The Morgan fingerprint density at radius 3 is 2.38 bits per heavy atom. The number of aliphatic hydroxyl groups is 4. The van der Waals surface area contributed by atoms with E-state index >= 15 is 0 Å². The van der Waals surface area contributed by atoms with Gasteiger partial charge in [-0.05, 0) is 56.6 Å². The van der Waals surface area contributed by atoms with Crippen molar-refractivity contribution in [2.24, 2.45) is 5.41 Å². The van der Waals surface area contributed by atoms with Gasteiger partial charge < -0.3 is 58.3 Å². The lowest BCUT2D eigenvalue weighted by Gasteiger charge is -2.51. The monoisotopic (exact) mass is 854 g/mol. The second-order valence-electron chi connectivity index (χ2n) is 16.4. The van der Waals surface area contributed by atoms with E-state index < -0.39 is 84.6 Å². The molecule has 0 aliphatic carbocycles. The Morgan fingerprint density at radius 1 is 0.950 bits per heavy atom. The molecule has 16 nitrogen and oxygen atoms in total. The minimum absolute atomic E-state index is 0.00356. The minimum Gasteiger partial charge on any atom is -0.466 e. The Labute approximate surface area is 354 Å². The first kappa shape index (κ1) is 51.1. The predicted octanol–water partition coefficient (Wildman–Crippen LogP) is 4.42. The third kappa shape index (κ3) is 16.9. The maximum Gasteiger partial charge on any atom is 0.330 e. The number of cyclic esters (lactones) is 1. The maximum absolute atomic E-state index is 13.4. The van der Waals surface area contributed by atoms with Gasteiger partial charge in [0.05, 0.1) is 57.1 Å². The summed E-state index contributed by atoms with van der Waals surface area (Å²) >= 11 is 0. The maximum atomic E-state index is 13.4. The molecule has 3 aliphatic heterocycles. The lowest BCUT2D eigenvalue weighted by molar-refractivity contribution is -0.327. The SMILES string of the molecule is C=CCOC(=O)C[C@H]1CC2C[C@@H](CCCCO)OCC[C@@H](O)CC(=O)O[C@@H](CO)C[C@@H]3CC(=CC(=O)OC)[C@H](OC(=O)CCCCCCC)[C@@](O)(O3)C(C)(C)C=C[C@H](O2)O1. The molecule has 342 valence electrons. The van der Waals surface area contributed by atoms with E-state index in [4.69, 9.17) is 37.9 Å². The van der Waals surface area contributed by atoms with Crippen molar-refractivity contribution in [3.05, 3.63) is 36.5 Å². The number of hydrogen-bond acceptors (Lipinski definition) is 16. The number of esters is 4. The number of carbonyl (C=O) groups is 4. The van der Waals surface area contributed by atoms with Crippen LogP contribution in [-0.2, 0) is 57.1 Å². The van der Waals surface area contributed by atoms with Gasteiger partial charge in [0, 0.05) is 44.0 Å². The molecule has 60 heavy (non-hydrogen) atoms. The molecule has 16 heteroatoms.